The van der Waals surface area contributed by atoms with E-state index in [9.17, 15) is 4.79 Å². The Kier molecular flexibility index (Phi) is 5.32. The zero-order valence-corrected chi connectivity index (χ0v) is 17.6. The third-order valence-corrected chi connectivity index (χ3v) is 6.16. The van der Waals surface area contributed by atoms with Crippen LogP contribution in [0.4, 0.5) is 0 Å². The van der Waals surface area contributed by atoms with Crippen molar-refractivity contribution >= 4 is 11.5 Å². The highest BCUT2D eigenvalue weighted by Gasteiger charge is 2.28. The molecule has 0 spiro atoms. The van der Waals surface area contributed by atoms with E-state index in [-0.39, 0.29) is 7.34 Å². The van der Waals surface area contributed by atoms with Gasteiger partial charge < -0.3 is 9.32 Å². The zero-order valence-electron chi connectivity index (χ0n) is 17.6. The van der Waals surface area contributed by atoms with Crippen LogP contribution in [0.15, 0.2) is 47.0 Å². The summed E-state index contributed by atoms with van der Waals surface area (Å²) in [6.45, 7) is 3.24. The molecule has 1 aliphatic carbocycles. The van der Waals surface area contributed by atoms with Crippen molar-refractivity contribution in [3.05, 3.63) is 54.0 Å². The van der Waals surface area contributed by atoms with Crippen LogP contribution in [0.2, 0.25) is 0 Å². The van der Waals surface area contributed by atoms with E-state index in [0.717, 1.165) is 48.3 Å². The minimum absolute atomic E-state index is 0. The maximum atomic E-state index is 12.7. The second kappa shape index (κ2) is 8.41. The van der Waals surface area contributed by atoms with Crippen molar-refractivity contribution in [3.63, 3.8) is 0 Å². The number of benzene rings is 1. The van der Waals surface area contributed by atoms with Gasteiger partial charge in [0.05, 0.1) is 17.6 Å². The fourth-order valence-electron chi connectivity index (χ4n) is 4.36. The van der Waals surface area contributed by atoms with Crippen LogP contribution in [0.25, 0.3) is 28.6 Å². The molecule has 2 aromatic heterocycles. The van der Waals surface area contributed by atoms with Crippen molar-refractivity contribution in [2.24, 2.45) is 5.92 Å². The van der Waals surface area contributed by atoms with E-state index in [2.05, 4.69) is 21.3 Å². The Morgan fingerprint density at radius 2 is 1.90 bits per heavy atom. The monoisotopic (exact) mass is 417 g/mol. The quantitative estimate of drug-likeness (QED) is 0.619. The summed E-state index contributed by atoms with van der Waals surface area (Å²) in [5.41, 5.74) is 4.10. The number of amides is 1. The van der Waals surface area contributed by atoms with E-state index >= 15 is 0 Å². The number of hydrogen-bond acceptors (Lipinski definition) is 6. The molecular formula is C24H27N5O2. The van der Waals surface area contributed by atoms with Gasteiger partial charge in [-0.3, -0.25) is 9.78 Å². The van der Waals surface area contributed by atoms with Gasteiger partial charge >= 0.3 is 0 Å². The molecule has 2 aliphatic rings. The fourth-order valence-corrected chi connectivity index (χ4v) is 4.36. The highest BCUT2D eigenvalue weighted by molar-refractivity contribution is 5.80. The molecule has 31 heavy (non-hydrogen) atoms. The van der Waals surface area contributed by atoms with Crippen molar-refractivity contribution in [3.8, 4) is 23.0 Å². The highest BCUT2D eigenvalue weighted by Crippen LogP contribution is 2.30. The lowest BCUT2D eigenvalue weighted by Crippen LogP contribution is -2.38. The van der Waals surface area contributed by atoms with E-state index < -0.39 is 0 Å². The van der Waals surface area contributed by atoms with Crippen LogP contribution < -0.4 is 0 Å². The first kappa shape index (κ1) is 19.6. The Morgan fingerprint density at radius 1 is 1.13 bits per heavy atom. The molecule has 0 bridgehead atoms. The number of rotatable bonds is 4. The molecule has 0 N–H and O–H groups in total. The summed E-state index contributed by atoms with van der Waals surface area (Å²) in [5, 5.41) is 8.37. The SMILES string of the molecule is Cc1ncc(C2=CCN(C(=O)C3CCCC3)CC2)nc1-c1nnc(-c2ccccc2)o1.[HH]. The lowest BCUT2D eigenvalue weighted by Gasteiger charge is -2.28. The molecule has 0 atom stereocenters. The van der Waals surface area contributed by atoms with Crippen molar-refractivity contribution in [2.45, 2.75) is 39.0 Å². The third kappa shape index (κ3) is 4.00. The van der Waals surface area contributed by atoms with Crippen molar-refractivity contribution in [1.29, 1.82) is 0 Å². The summed E-state index contributed by atoms with van der Waals surface area (Å²) in [6, 6.07) is 9.66. The molecule has 1 amide bonds. The molecule has 0 unspecified atom stereocenters. The average molecular weight is 418 g/mol. The minimum Gasteiger partial charge on any atom is -0.415 e. The Bertz CT molecular complexity index is 1120. The molecule has 0 radical (unpaired) electrons. The van der Waals surface area contributed by atoms with E-state index in [1.54, 1.807) is 6.20 Å². The summed E-state index contributed by atoms with van der Waals surface area (Å²) >= 11 is 0. The predicted octanol–water partition coefficient (Wildman–Crippen LogP) is 4.55. The Hall–Kier alpha value is -3.35. The van der Waals surface area contributed by atoms with Gasteiger partial charge in [-0.05, 0) is 43.9 Å². The minimum atomic E-state index is 0. The molecule has 1 aromatic carbocycles. The second-order valence-electron chi connectivity index (χ2n) is 8.21. The summed E-state index contributed by atoms with van der Waals surface area (Å²) in [7, 11) is 0. The third-order valence-electron chi connectivity index (χ3n) is 6.16. The van der Waals surface area contributed by atoms with Gasteiger partial charge in [-0.1, -0.05) is 37.1 Å². The van der Waals surface area contributed by atoms with Gasteiger partial charge in [0.15, 0.2) is 0 Å². The molecule has 1 aliphatic heterocycles. The van der Waals surface area contributed by atoms with E-state index in [0.29, 0.717) is 29.9 Å². The van der Waals surface area contributed by atoms with Gasteiger partial charge in [-0.2, -0.15) is 0 Å². The van der Waals surface area contributed by atoms with Crippen molar-refractivity contribution in [2.75, 3.05) is 13.1 Å². The molecule has 5 rings (SSSR count). The van der Waals surface area contributed by atoms with Crippen LogP contribution in [0, 0.1) is 12.8 Å². The Balaban J connectivity index is 0.00000245. The summed E-state index contributed by atoms with van der Waals surface area (Å²) in [5.74, 6) is 1.35. The zero-order chi connectivity index (χ0) is 21.2. The fraction of sp³-hybridized carbons (Fsp3) is 0.375. The number of nitrogens with zero attached hydrogens (tertiary/aromatic N) is 5. The smallest absolute Gasteiger partial charge is 0.268 e. The standard InChI is InChI=1S/C24H25N5O2.H2/c1-16-21(23-28-27-22(31-23)18-7-3-2-4-8-18)26-20(15-25-16)17-11-13-29(14-12-17)24(30)19-9-5-6-10-19;/h2-4,7-8,11,15,19H,5-6,9-10,12-14H2,1H3;1H. The molecular weight excluding hydrogens is 390 g/mol. The Morgan fingerprint density at radius 3 is 2.65 bits per heavy atom. The van der Waals surface area contributed by atoms with Crippen LogP contribution in [-0.4, -0.2) is 44.1 Å². The van der Waals surface area contributed by atoms with Crippen LogP contribution in [-0.2, 0) is 4.79 Å². The largest absolute Gasteiger partial charge is 0.415 e. The van der Waals surface area contributed by atoms with Crippen molar-refractivity contribution < 1.29 is 10.6 Å². The first-order chi connectivity index (χ1) is 15.2. The lowest BCUT2D eigenvalue weighted by molar-refractivity contribution is -0.134. The molecule has 3 aromatic rings. The molecule has 7 nitrogen and oxygen atoms in total. The number of hydrogen-bond donors (Lipinski definition) is 0. The van der Waals surface area contributed by atoms with Crippen molar-refractivity contribution in [1.82, 2.24) is 25.1 Å². The van der Waals surface area contributed by atoms with Gasteiger partial charge in [-0.15, -0.1) is 10.2 Å². The van der Waals surface area contributed by atoms with Crippen LogP contribution in [0.5, 0.6) is 0 Å². The van der Waals surface area contributed by atoms with Gasteiger partial charge in [0.2, 0.25) is 11.8 Å². The molecule has 7 heteroatoms. The van der Waals surface area contributed by atoms with Gasteiger partial charge in [0.25, 0.3) is 5.89 Å². The van der Waals surface area contributed by atoms with Crippen LogP contribution in [0.1, 0.15) is 44.9 Å². The van der Waals surface area contributed by atoms with E-state index in [1.165, 1.54) is 12.8 Å². The number of carbonyl (C=O) groups is 1. The maximum Gasteiger partial charge on any atom is 0.268 e. The summed E-state index contributed by atoms with van der Waals surface area (Å²) in [4.78, 5) is 24.0. The first-order valence-corrected chi connectivity index (χ1v) is 10.9. The molecule has 160 valence electrons. The molecule has 1 fully saturated rings. The van der Waals surface area contributed by atoms with E-state index in [1.807, 2.05) is 42.2 Å². The number of carbonyl (C=O) groups excluding carboxylic acids is 1. The second-order valence-corrected chi connectivity index (χ2v) is 8.21. The maximum absolute atomic E-state index is 12.7. The molecule has 0 saturated heterocycles. The van der Waals surface area contributed by atoms with Gasteiger partial charge in [0.1, 0.15) is 5.69 Å². The number of aromatic nitrogens is 4. The van der Waals surface area contributed by atoms with Crippen LogP contribution in [0.3, 0.4) is 0 Å². The number of aryl methyl sites for hydroxylation is 1. The Labute approximate surface area is 182 Å². The van der Waals surface area contributed by atoms with Gasteiger partial charge in [-0.25, -0.2) is 4.98 Å². The van der Waals surface area contributed by atoms with Gasteiger partial charge in [0, 0.05) is 26.0 Å². The van der Waals surface area contributed by atoms with Crippen LogP contribution >= 0.6 is 0 Å². The highest BCUT2D eigenvalue weighted by atomic mass is 16.4. The summed E-state index contributed by atoms with van der Waals surface area (Å²) < 4.78 is 5.89. The first-order valence-electron chi connectivity index (χ1n) is 10.9. The summed E-state index contributed by atoms with van der Waals surface area (Å²) in [6.07, 6.45) is 9.08. The predicted molar refractivity (Wildman–Crippen MR) is 119 cm³/mol. The average Bonchev–Trinajstić information content (AvgIpc) is 3.52. The van der Waals surface area contributed by atoms with E-state index in [4.69, 9.17) is 9.40 Å². The molecule has 3 heterocycles. The normalized spacial score (nSPS) is 17.1. The lowest BCUT2D eigenvalue weighted by atomic mass is 10.0. The topological polar surface area (TPSA) is 85.0 Å². The molecule has 1 saturated carbocycles.